The Morgan fingerprint density at radius 1 is 1.12 bits per heavy atom. The average Bonchev–Trinajstić information content (AvgIpc) is 2.61. The largest absolute Gasteiger partial charge is 0.493 e. The Kier molecular flexibility index (Phi) is 4.74. The number of hydrogen-bond donors (Lipinski definition) is 1. The summed E-state index contributed by atoms with van der Waals surface area (Å²) in [6, 6.07) is 10.8. The van der Waals surface area contributed by atoms with Crippen molar-refractivity contribution < 1.29 is 23.7 Å². The number of carbonyl (C=O) groups excluding carboxylic acids is 1. The van der Waals surface area contributed by atoms with Crippen LogP contribution in [0.3, 0.4) is 0 Å². The van der Waals surface area contributed by atoms with Crippen molar-refractivity contribution in [1.82, 2.24) is 0 Å². The van der Waals surface area contributed by atoms with Gasteiger partial charge in [0.05, 0.1) is 7.11 Å². The van der Waals surface area contributed by atoms with E-state index < -0.39 is 0 Å². The Balaban J connectivity index is 1.65. The van der Waals surface area contributed by atoms with Crippen molar-refractivity contribution in [1.29, 1.82) is 0 Å². The highest BCUT2D eigenvalue weighted by molar-refractivity contribution is 5.93. The third kappa shape index (κ3) is 3.53. The van der Waals surface area contributed by atoms with Gasteiger partial charge >= 0.3 is 0 Å². The van der Waals surface area contributed by atoms with Crippen LogP contribution in [0.1, 0.15) is 5.56 Å². The second kappa shape index (κ2) is 7.12. The molecule has 1 amide bonds. The van der Waals surface area contributed by atoms with Crippen molar-refractivity contribution in [3.63, 3.8) is 0 Å². The molecular weight excluding hydrogens is 310 g/mol. The van der Waals surface area contributed by atoms with Crippen molar-refractivity contribution in [2.75, 3.05) is 32.2 Å². The second-order valence-electron chi connectivity index (χ2n) is 5.30. The summed E-state index contributed by atoms with van der Waals surface area (Å²) in [4.78, 5) is 12.2. The Morgan fingerprint density at radius 2 is 1.79 bits per heavy atom. The van der Waals surface area contributed by atoms with E-state index in [2.05, 4.69) is 5.32 Å². The maximum absolute atomic E-state index is 12.2. The number of hydrogen-bond acceptors (Lipinski definition) is 5. The zero-order valence-corrected chi connectivity index (χ0v) is 13.6. The molecular formula is C18H19NO5. The fraction of sp³-hybridized carbons (Fsp3) is 0.278. The molecule has 1 heterocycles. The number of amides is 1. The minimum Gasteiger partial charge on any atom is -0.493 e. The first-order valence-corrected chi connectivity index (χ1v) is 7.63. The van der Waals surface area contributed by atoms with Gasteiger partial charge < -0.3 is 24.3 Å². The fourth-order valence-corrected chi connectivity index (χ4v) is 2.39. The summed E-state index contributed by atoms with van der Waals surface area (Å²) in [6.45, 7) is 2.81. The van der Waals surface area contributed by atoms with E-state index in [1.807, 2.05) is 25.1 Å². The normalized spacial score (nSPS) is 12.4. The lowest BCUT2D eigenvalue weighted by Crippen LogP contribution is -2.21. The van der Waals surface area contributed by atoms with Gasteiger partial charge in [-0.15, -0.1) is 0 Å². The van der Waals surface area contributed by atoms with Gasteiger partial charge in [0.2, 0.25) is 0 Å². The number of nitrogens with one attached hydrogen (secondary N) is 1. The van der Waals surface area contributed by atoms with Crippen LogP contribution in [0.4, 0.5) is 5.69 Å². The molecule has 0 aromatic heterocycles. The summed E-state index contributed by atoms with van der Waals surface area (Å²) in [7, 11) is 1.56. The Bertz CT molecular complexity index is 744. The molecule has 6 nitrogen and oxygen atoms in total. The Morgan fingerprint density at radius 3 is 2.50 bits per heavy atom. The molecule has 126 valence electrons. The molecule has 0 saturated carbocycles. The van der Waals surface area contributed by atoms with Crippen LogP contribution in [0.25, 0.3) is 0 Å². The van der Waals surface area contributed by atoms with Gasteiger partial charge in [0.1, 0.15) is 13.2 Å². The Hall–Kier alpha value is -2.89. The molecule has 0 unspecified atom stereocenters. The number of ether oxygens (including phenoxy) is 4. The number of fused-ring (bicyclic) bond motifs is 1. The number of para-hydroxylation sites is 2. The van der Waals surface area contributed by atoms with E-state index >= 15 is 0 Å². The SMILES string of the molecule is COc1ccccc1OCC(=O)Nc1cc2c(cc1C)OCCO2. The predicted molar refractivity (Wildman–Crippen MR) is 89.3 cm³/mol. The van der Waals surface area contributed by atoms with Crippen LogP contribution in [0.5, 0.6) is 23.0 Å². The molecule has 2 aromatic rings. The summed E-state index contributed by atoms with van der Waals surface area (Å²) < 4.78 is 21.8. The minimum absolute atomic E-state index is 0.117. The van der Waals surface area contributed by atoms with Crippen molar-refractivity contribution in [3.05, 3.63) is 42.0 Å². The van der Waals surface area contributed by atoms with E-state index in [0.717, 1.165) is 5.56 Å². The van der Waals surface area contributed by atoms with E-state index in [0.29, 0.717) is 41.9 Å². The molecule has 0 bridgehead atoms. The predicted octanol–water partition coefficient (Wildman–Crippen LogP) is 2.79. The van der Waals surface area contributed by atoms with Crippen LogP contribution in [0.2, 0.25) is 0 Å². The zero-order chi connectivity index (χ0) is 16.9. The van der Waals surface area contributed by atoms with Gasteiger partial charge in [-0.05, 0) is 30.7 Å². The van der Waals surface area contributed by atoms with E-state index in [9.17, 15) is 4.79 Å². The quantitative estimate of drug-likeness (QED) is 0.914. The highest BCUT2D eigenvalue weighted by Crippen LogP contribution is 2.35. The lowest BCUT2D eigenvalue weighted by Gasteiger charge is -2.20. The lowest BCUT2D eigenvalue weighted by atomic mass is 10.1. The summed E-state index contributed by atoms with van der Waals surface area (Å²) in [5.74, 6) is 2.17. The first-order valence-electron chi connectivity index (χ1n) is 7.63. The van der Waals surface area contributed by atoms with Gasteiger partial charge in [0.25, 0.3) is 5.91 Å². The molecule has 0 saturated heterocycles. The van der Waals surface area contributed by atoms with Crippen LogP contribution in [-0.2, 0) is 4.79 Å². The van der Waals surface area contributed by atoms with Crippen molar-refractivity contribution >= 4 is 11.6 Å². The maximum atomic E-state index is 12.2. The number of rotatable bonds is 5. The zero-order valence-electron chi connectivity index (χ0n) is 13.6. The van der Waals surface area contributed by atoms with Crippen LogP contribution in [-0.4, -0.2) is 32.8 Å². The molecule has 1 aliphatic heterocycles. The van der Waals surface area contributed by atoms with Crippen LogP contribution in [0, 0.1) is 6.92 Å². The third-order valence-electron chi connectivity index (χ3n) is 3.59. The van der Waals surface area contributed by atoms with Crippen LogP contribution in [0.15, 0.2) is 36.4 Å². The standard InChI is InChI=1S/C18H19NO5/c1-12-9-16-17(23-8-7-22-16)10-13(12)19-18(20)11-24-15-6-4-3-5-14(15)21-2/h3-6,9-10H,7-8,11H2,1-2H3,(H,19,20). The summed E-state index contributed by atoms with van der Waals surface area (Å²) in [5.41, 5.74) is 1.57. The second-order valence-corrected chi connectivity index (χ2v) is 5.30. The summed E-state index contributed by atoms with van der Waals surface area (Å²) in [6.07, 6.45) is 0. The number of methoxy groups -OCH3 is 1. The van der Waals surface area contributed by atoms with Gasteiger partial charge in [-0.25, -0.2) is 0 Å². The average molecular weight is 329 g/mol. The monoisotopic (exact) mass is 329 g/mol. The van der Waals surface area contributed by atoms with Gasteiger partial charge in [-0.3, -0.25) is 4.79 Å². The van der Waals surface area contributed by atoms with E-state index in [-0.39, 0.29) is 12.5 Å². The topological polar surface area (TPSA) is 66.0 Å². The molecule has 1 aliphatic rings. The molecule has 3 rings (SSSR count). The highest BCUT2D eigenvalue weighted by atomic mass is 16.6. The molecule has 24 heavy (non-hydrogen) atoms. The van der Waals surface area contributed by atoms with Gasteiger partial charge in [0.15, 0.2) is 29.6 Å². The van der Waals surface area contributed by atoms with Crippen LogP contribution < -0.4 is 24.3 Å². The molecule has 0 fully saturated rings. The van der Waals surface area contributed by atoms with Crippen molar-refractivity contribution in [3.8, 4) is 23.0 Å². The van der Waals surface area contributed by atoms with Gasteiger partial charge in [0, 0.05) is 11.8 Å². The summed E-state index contributed by atoms with van der Waals surface area (Å²) in [5, 5.41) is 2.83. The van der Waals surface area contributed by atoms with Crippen molar-refractivity contribution in [2.45, 2.75) is 6.92 Å². The number of benzene rings is 2. The molecule has 6 heteroatoms. The first-order chi connectivity index (χ1) is 11.7. The third-order valence-corrected chi connectivity index (χ3v) is 3.59. The fourth-order valence-electron chi connectivity index (χ4n) is 2.39. The summed E-state index contributed by atoms with van der Waals surface area (Å²) >= 11 is 0. The minimum atomic E-state index is -0.263. The number of anilines is 1. The van der Waals surface area contributed by atoms with Crippen LogP contribution >= 0.6 is 0 Å². The Labute approximate surface area is 140 Å². The molecule has 0 atom stereocenters. The van der Waals surface area contributed by atoms with E-state index in [1.54, 1.807) is 25.3 Å². The number of carbonyl (C=O) groups is 1. The highest BCUT2D eigenvalue weighted by Gasteiger charge is 2.16. The smallest absolute Gasteiger partial charge is 0.262 e. The number of aryl methyl sites for hydroxylation is 1. The molecule has 0 radical (unpaired) electrons. The molecule has 0 spiro atoms. The first kappa shape index (κ1) is 16.0. The van der Waals surface area contributed by atoms with Gasteiger partial charge in [-0.1, -0.05) is 12.1 Å². The van der Waals surface area contributed by atoms with E-state index in [1.165, 1.54) is 0 Å². The molecule has 2 aromatic carbocycles. The molecule has 0 aliphatic carbocycles. The maximum Gasteiger partial charge on any atom is 0.262 e. The van der Waals surface area contributed by atoms with E-state index in [4.69, 9.17) is 18.9 Å². The van der Waals surface area contributed by atoms with Crippen molar-refractivity contribution in [2.24, 2.45) is 0 Å². The lowest BCUT2D eigenvalue weighted by molar-refractivity contribution is -0.118. The van der Waals surface area contributed by atoms with Gasteiger partial charge in [-0.2, -0.15) is 0 Å². The molecule has 1 N–H and O–H groups in total.